The number of aryl methyl sites for hydroxylation is 1. The zero-order chi connectivity index (χ0) is 16.8. The second kappa shape index (κ2) is 8.23. The number of nitrogens with one attached hydrogen (secondary N) is 1. The molecule has 0 radical (unpaired) electrons. The van der Waals surface area contributed by atoms with Crippen LogP contribution in [0.4, 0.5) is 0 Å². The summed E-state index contributed by atoms with van der Waals surface area (Å²) in [5.41, 5.74) is 2.16. The molecule has 1 aliphatic rings. The summed E-state index contributed by atoms with van der Waals surface area (Å²) in [6.45, 7) is 4.05. The SMILES string of the molecule is COc1cc(C)c(C(C)NC(=O)CC2CCCCC2)cc1OC. The minimum absolute atomic E-state index is 0.0362. The molecule has 0 aromatic heterocycles. The van der Waals surface area contributed by atoms with Crippen molar-refractivity contribution in [3.63, 3.8) is 0 Å². The fourth-order valence-electron chi connectivity index (χ4n) is 3.49. The van der Waals surface area contributed by atoms with Crippen molar-refractivity contribution in [3.8, 4) is 11.5 Å². The molecule has 4 nitrogen and oxygen atoms in total. The maximum Gasteiger partial charge on any atom is 0.220 e. The molecule has 1 amide bonds. The van der Waals surface area contributed by atoms with Crippen LogP contribution < -0.4 is 14.8 Å². The number of benzene rings is 1. The fourth-order valence-corrected chi connectivity index (χ4v) is 3.49. The largest absolute Gasteiger partial charge is 0.493 e. The van der Waals surface area contributed by atoms with Gasteiger partial charge in [-0.3, -0.25) is 4.79 Å². The highest BCUT2D eigenvalue weighted by Crippen LogP contribution is 2.33. The van der Waals surface area contributed by atoms with E-state index < -0.39 is 0 Å². The summed E-state index contributed by atoms with van der Waals surface area (Å²) in [5.74, 6) is 2.12. The van der Waals surface area contributed by atoms with Crippen LogP contribution in [0.15, 0.2) is 12.1 Å². The van der Waals surface area contributed by atoms with Gasteiger partial charge in [0, 0.05) is 6.42 Å². The summed E-state index contributed by atoms with van der Waals surface area (Å²) in [5, 5.41) is 3.14. The molecule has 128 valence electrons. The molecule has 0 aliphatic heterocycles. The first kappa shape index (κ1) is 17.6. The van der Waals surface area contributed by atoms with Crippen molar-refractivity contribution < 1.29 is 14.3 Å². The van der Waals surface area contributed by atoms with Crippen LogP contribution >= 0.6 is 0 Å². The van der Waals surface area contributed by atoms with Crippen LogP contribution in [0.1, 0.15) is 62.6 Å². The predicted molar refractivity (Wildman–Crippen MR) is 92.0 cm³/mol. The average Bonchev–Trinajstić information content (AvgIpc) is 2.55. The summed E-state index contributed by atoms with van der Waals surface area (Å²) in [6.07, 6.45) is 6.88. The van der Waals surface area contributed by atoms with Crippen LogP contribution in [0, 0.1) is 12.8 Å². The lowest BCUT2D eigenvalue weighted by atomic mass is 9.86. The second-order valence-electron chi connectivity index (χ2n) is 6.56. The van der Waals surface area contributed by atoms with Crippen molar-refractivity contribution in [2.24, 2.45) is 5.92 Å². The van der Waals surface area contributed by atoms with E-state index in [1.807, 2.05) is 26.0 Å². The smallest absolute Gasteiger partial charge is 0.220 e. The number of ether oxygens (including phenoxy) is 2. The van der Waals surface area contributed by atoms with Gasteiger partial charge in [-0.05, 0) is 55.9 Å². The van der Waals surface area contributed by atoms with E-state index in [1.54, 1.807) is 14.2 Å². The van der Waals surface area contributed by atoms with Gasteiger partial charge in [-0.15, -0.1) is 0 Å². The van der Waals surface area contributed by atoms with Gasteiger partial charge in [-0.25, -0.2) is 0 Å². The fraction of sp³-hybridized carbons (Fsp3) is 0.632. The first-order valence-corrected chi connectivity index (χ1v) is 8.57. The van der Waals surface area contributed by atoms with Crippen LogP contribution in [-0.4, -0.2) is 20.1 Å². The zero-order valence-corrected chi connectivity index (χ0v) is 14.8. The molecule has 4 heteroatoms. The molecule has 0 bridgehead atoms. The number of hydrogen-bond donors (Lipinski definition) is 1. The molecule has 1 atom stereocenters. The van der Waals surface area contributed by atoms with E-state index >= 15 is 0 Å². The lowest BCUT2D eigenvalue weighted by molar-refractivity contribution is -0.122. The second-order valence-corrected chi connectivity index (χ2v) is 6.56. The number of amides is 1. The van der Waals surface area contributed by atoms with Crippen LogP contribution in [0.2, 0.25) is 0 Å². The van der Waals surface area contributed by atoms with E-state index in [2.05, 4.69) is 5.32 Å². The van der Waals surface area contributed by atoms with Gasteiger partial charge >= 0.3 is 0 Å². The van der Waals surface area contributed by atoms with E-state index in [0.717, 1.165) is 16.9 Å². The summed E-state index contributed by atoms with van der Waals surface area (Å²) in [4.78, 5) is 12.3. The minimum Gasteiger partial charge on any atom is -0.493 e. The van der Waals surface area contributed by atoms with Crippen LogP contribution in [0.25, 0.3) is 0 Å². The highest BCUT2D eigenvalue weighted by Gasteiger charge is 2.20. The molecule has 1 unspecified atom stereocenters. The molecule has 1 N–H and O–H groups in total. The number of methoxy groups -OCH3 is 2. The molecule has 0 spiro atoms. The standard InChI is InChI=1S/C19H29NO3/c1-13-10-17(22-3)18(23-4)12-16(13)14(2)20-19(21)11-15-8-6-5-7-9-15/h10,12,14-15H,5-9,11H2,1-4H3,(H,20,21). The van der Waals surface area contributed by atoms with Crippen molar-refractivity contribution in [2.75, 3.05) is 14.2 Å². The molecule has 1 aromatic carbocycles. The molecule has 23 heavy (non-hydrogen) atoms. The molecule has 2 rings (SSSR count). The Balaban J connectivity index is 2.01. The maximum atomic E-state index is 12.3. The van der Waals surface area contributed by atoms with E-state index in [4.69, 9.17) is 9.47 Å². The topological polar surface area (TPSA) is 47.6 Å². The van der Waals surface area contributed by atoms with Crippen molar-refractivity contribution in [2.45, 2.75) is 58.4 Å². The van der Waals surface area contributed by atoms with Gasteiger partial charge in [0.15, 0.2) is 11.5 Å². The summed E-state index contributed by atoms with van der Waals surface area (Å²) < 4.78 is 10.7. The third kappa shape index (κ3) is 4.63. The summed E-state index contributed by atoms with van der Waals surface area (Å²) in [6, 6.07) is 3.88. The number of hydrogen-bond acceptors (Lipinski definition) is 3. The molecule has 0 heterocycles. The molecule has 1 aliphatic carbocycles. The third-order valence-corrected chi connectivity index (χ3v) is 4.82. The number of carbonyl (C=O) groups is 1. The van der Waals surface area contributed by atoms with E-state index in [9.17, 15) is 4.79 Å². The van der Waals surface area contributed by atoms with Gasteiger partial charge in [0.25, 0.3) is 0 Å². The summed E-state index contributed by atoms with van der Waals surface area (Å²) >= 11 is 0. The zero-order valence-electron chi connectivity index (χ0n) is 14.8. The van der Waals surface area contributed by atoms with Crippen LogP contribution in [0.3, 0.4) is 0 Å². The van der Waals surface area contributed by atoms with Crippen LogP contribution in [0.5, 0.6) is 11.5 Å². The predicted octanol–water partition coefficient (Wildman–Crippen LogP) is 4.16. The maximum absolute atomic E-state index is 12.3. The Labute approximate surface area is 139 Å². The Morgan fingerprint density at radius 1 is 1.17 bits per heavy atom. The van der Waals surface area contributed by atoms with Crippen LogP contribution in [-0.2, 0) is 4.79 Å². The molecular formula is C19H29NO3. The van der Waals surface area contributed by atoms with Gasteiger partial charge in [-0.1, -0.05) is 19.3 Å². The Morgan fingerprint density at radius 2 is 1.78 bits per heavy atom. The minimum atomic E-state index is -0.0362. The van der Waals surface area contributed by atoms with Gasteiger partial charge in [-0.2, -0.15) is 0 Å². The van der Waals surface area contributed by atoms with Gasteiger partial charge < -0.3 is 14.8 Å². The van der Waals surface area contributed by atoms with E-state index in [0.29, 0.717) is 18.1 Å². The van der Waals surface area contributed by atoms with Gasteiger partial charge in [0.1, 0.15) is 0 Å². The highest BCUT2D eigenvalue weighted by atomic mass is 16.5. The Morgan fingerprint density at radius 3 is 2.39 bits per heavy atom. The van der Waals surface area contributed by atoms with E-state index in [1.165, 1.54) is 32.1 Å². The molecule has 1 saturated carbocycles. The Kier molecular flexibility index (Phi) is 6.31. The Bertz CT molecular complexity index is 536. The lowest BCUT2D eigenvalue weighted by Crippen LogP contribution is -2.29. The average molecular weight is 319 g/mol. The molecule has 1 aromatic rings. The first-order valence-electron chi connectivity index (χ1n) is 8.57. The Hall–Kier alpha value is -1.71. The van der Waals surface area contributed by atoms with Crippen molar-refractivity contribution in [3.05, 3.63) is 23.3 Å². The van der Waals surface area contributed by atoms with Gasteiger partial charge in [0.05, 0.1) is 20.3 Å². The summed E-state index contributed by atoms with van der Waals surface area (Å²) in [7, 11) is 3.26. The lowest BCUT2D eigenvalue weighted by Gasteiger charge is -2.23. The first-order chi connectivity index (χ1) is 11.0. The third-order valence-electron chi connectivity index (χ3n) is 4.82. The molecular weight excluding hydrogens is 290 g/mol. The number of carbonyl (C=O) groups excluding carboxylic acids is 1. The molecule has 0 saturated heterocycles. The highest BCUT2D eigenvalue weighted by molar-refractivity contribution is 5.76. The quantitative estimate of drug-likeness (QED) is 0.856. The van der Waals surface area contributed by atoms with E-state index in [-0.39, 0.29) is 11.9 Å². The normalized spacial score (nSPS) is 16.7. The monoisotopic (exact) mass is 319 g/mol. The van der Waals surface area contributed by atoms with Crippen molar-refractivity contribution in [1.29, 1.82) is 0 Å². The molecule has 1 fully saturated rings. The number of rotatable bonds is 6. The van der Waals surface area contributed by atoms with Crippen molar-refractivity contribution >= 4 is 5.91 Å². The van der Waals surface area contributed by atoms with Crippen molar-refractivity contribution in [1.82, 2.24) is 5.32 Å². The van der Waals surface area contributed by atoms with Gasteiger partial charge in [0.2, 0.25) is 5.91 Å².